The van der Waals surface area contributed by atoms with Gasteiger partial charge in [-0.15, -0.1) is 6.58 Å². The molecule has 0 bridgehead atoms. The van der Waals surface area contributed by atoms with Gasteiger partial charge >= 0.3 is 0 Å². The van der Waals surface area contributed by atoms with Crippen LogP contribution in [0.15, 0.2) is 36.9 Å². The third-order valence-corrected chi connectivity index (χ3v) is 3.67. The molecule has 0 fully saturated rings. The molecule has 2 heteroatoms. The lowest BCUT2D eigenvalue weighted by Gasteiger charge is -2.29. The van der Waals surface area contributed by atoms with E-state index in [-0.39, 0.29) is 5.54 Å². The van der Waals surface area contributed by atoms with Crippen LogP contribution in [0.5, 0.6) is 5.75 Å². The molecular weight excluding hydrogens is 222 g/mol. The van der Waals surface area contributed by atoms with E-state index in [9.17, 15) is 0 Å². The molecule has 2 rings (SSSR count). The second-order valence-corrected chi connectivity index (χ2v) is 4.99. The zero-order valence-electron chi connectivity index (χ0n) is 11.2. The van der Waals surface area contributed by atoms with Crippen LogP contribution >= 0.6 is 0 Å². The Kier molecular flexibility index (Phi) is 4.43. The second kappa shape index (κ2) is 6.05. The second-order valence-electron chi connectivity index (χ2n) is 4.99. The highest BCUT2D eigenvalue weighted by atomic mass is 16.5. The minimum Gasteiger partial charge on any atom is -0.491 e. The molecule has 0 aliphatic carbocycles. The lowest BCUT2D eigenvalue weighted by molar-refractivity contribution is 0.215. The number of para-hydroxylation sites is 1. The number of unbranched alkanes of at least 4 members (excludes halogenated alkanes) is 2. The zero-order chi connectivity index (χ0) is 12.8. The summed E-state index contributed by atoms with van der Waals surface area (Å²) in [5.41, 5.74) is 1.29. The van der Waals surface area contributed by atoms with Gasteiger partial charge in [0.15, 0.2) is 0 Å². The predicted octanol–water partition coefficient (Wildman–Crippen LogP) is 3.63. The summed E-state index contributed by atoms with van der Waals surface area (Å²) in [5.74, 6) is 1.03. The first kappa shape index (κ1) is 13.2. The molecule has 98 valence electrons. The molecule has 1 atom stereocenters. The molecular formula is C16H23NO. The van der Waals surface area contributed by atoms with E-state index in [0.717, 1.165) is 25.3 Å². The van der Waals surface area contributed by atoms with E-state index >= 15 is 0 Å². The maximum atomic E-state index is 5.85. The molecule has 0 saturated carbocycles. The highest BCUT2D eigenvalue weighted by Gasteiger charge is 2.39. The Balaban J connectivity index is 2.18. The average molecular weight is 245 g/mol. The van der Waals surface area contributed by atoms with Gasteiger partial charge in [0.2, 0.25) is 0 Å². The summed E-state index contributed by atoms with van der Waals surface area (Å²) >= 11 is 0. The largest absolute Gasteiger partial charge is 0.491 e. The third kappa shape index (κ3) is 2.59. The smallest absolute Gasteiger partial charge is 0.124 e. The van der Waals surface area contributed by atoms with Crippen LogP contribution in [0.1, 0.15) is 38.2 Å². The normalized spacial score (nSPS) is 21.4. The van der Waals surface area contributed by atoms with E-state index in [1.165, 1.54) is 24.8 Å². The van der Waals surface area contributed by atoms with Crippen molar-refractivity contribution in [2.45, 2.75) is 38.1 Å². The Hall–Kier alpha value is -1.28. The summed E-state index contributed by atoms with van der Waals surface area (Å²) in [6.07, 6.45) is 6.81. The van der Waals surface area contributed by atoms with Crippen molar-refractivity contribution >= 4 is 0 Å². The van der Waals surface area contributed by atoms with Gasteiger partial charge in [-0.05, 0) is 12.5 Å². The molecule has 2 nitrogen and oxygen atoms in total. The molecule has 0 amide bonds. The van der Waals surface area contributed by atoms with E-state index in [4.69, 9.17) is 4.74 Å². The molecule has 18 heavy (non-hydrogen) atoms. The number of hydrogen-bond donors (Lipinski definition) is 1. The molecule has 0 aromatic heterocycles. The molecule has 1 aromatic carbocycles. The highest BCUT2D eigenvalue weighted by molar-refractivity contribution is 5.43. The summed E-state index contributed by atoms with van der Waals surface area (Å²) in [5, 5.41) is 3.62. The maximum absolute atomic E-state index is 5.85. The number of rotatable bonds is 7. The van der Waals surface area contributed by atoms with Crippen molar-refractivity contribution in [1.82, 2.24) is 5.32 Å². The minimum atomic E-state index is -0.0139. The quantitative estimate of drug-likeness (QED) is 0.585. The van der Waals surface area contributed by atoms with Gasteiger partial charge in [0.05, 0.1) is 5.54 Å². The molecule has 1 unspecified atom stereocenters. The van der Waals surface area contributed by atoms with Crippen LogP contribution in [0.25, 0.3) is 0 Å². The fourth-order valence-corrected chi connectivity index (χ4v) is 2.65. The fraction of sp³-hybridized carbons (Fsp3) is 0.500. The molecule has 1 N–H and O–H groups in total. The molecule has 1 heterocycles. The van der Waals surface area contributed by atoms with Crippen molar-refractivity contribution in [2.75, 3.05) is 13.2 Å². The average Bonchev–Trinajstić information content (AvgIpc) is 2.77. The Morgan fingerprint density at radius 3 is 3.00 bits per heavy atom. The number of benzene rings is 1. The van der Waals surface area contributed by atoms with Crippen molar-refractivity contribution in [2.24, 2.45) is 0 Å². The molecule has 0 radical (unpaired) electrons. The number of ether oxygens (including phenoxy) is 1. The van der Waals surface area contributed by atoms with Gasteiger partial charge in [0, 0.05) is 12.1 Å². The predicted molar refractivity (Wildman–Crippen MR) is 76.0 cm³/mol. The van der Waals surface area contributed by atoms with E-state index in [2.05, 4.69) is 37.0 Å². The SMILES string of the molecule is C=CCNC1(CCCCC)COc2ccccc21. The van der Waals surface area contributed by atoms with Crippen LogP contribution in [0, 0.1) is 0 Å². The molecule has 1 aliphatic rings. The maximum Gasteiger partial charge on any atom is 0.124 e. The van der Waals surface area contributed by atoms with Crippen LogP contribution in [0.3, 0.4) is 0 Å². The topological polar surface area (TPSA) is 21.3 Å². The Morgan fingerprint density at radius 2 is 2.22 bits per heavy atom. The molecule has 0 spiro atoms. The van der Waals surface area contributed by atoms with Crippen molar-refractivity contribution in [3.8, 4) is 5.75 Å². The summed E-state index contributed by atoms with van der Waals surface area (Å²) in [6.45, 7) is 7.60. The number of fused-ring (bicyclic) bond motifs is 1. The van der Waals surface area contributed by atoms with E-state index in [0.29, 0.717) is 0 Å². The van der Waals surface area contributed by atoms with Crippen LogP contribution < -0.4 is 10.1 Å². The van der Waals surface area contributed by atoms with Crippen molar-refractivity contribution < 1.29 is 4.74 Å². The Labute approximate surface area is 110 Å². The standard InChI is InChI=1S/C16H23NO/c1-3-5-8-11-16(17-12-4-2)13-18-15-10-7-6-9-14(15)16/h4,6-7,9-10,17H,2-3,5,8,11-13H2,1H3. The first-order chi connectivity index (χ1) is 8.82. The van der Waals surface area contributed by atoms with Crippen LogP contribution in [0.2, 0.25) is 0 Å². The fourth-order valence-electron chi connectivity index (χ4n) is 2.65. The van der Waals surface area contributed by atoms with Gasteiger partial charge < -0.3 is 10.1 Å². The monoisotopic (exact) mass is 245 g/mol. The summed E-state index contributed by atoms with van der Waals surface area (Å²) in [7, 11) is 0. The highest BCUT2D eigenvalue weighted by Crippen LogP contribution is 2.40. The lowest BCUT2D eigenvalue weighted by atomic mass is 9.86. The Morgan fingerprint density at radius 1 is 1.39 bits per heavy atom. The molecule has 1 aliphatic heterocycles. The van der Waals surface area contributed by atoms with Gasteiger partial charge in [0.25, 0.3) is 0 Å². The van der Waals surface area contributed by atoms with Gasteiger partial charge in [-0.1, -0.05) is 50.5 Å². The van der Waals surface area contributed by atoms with Crippen molar-refractivity contribution in [3.63, 3.8) is 0 Å². The van der Waals surface area contributed by atoms with Crippen molar-refractivity contribution in [1.29, 1.82) is 0 Å². The van der Waals surface area contributed by atoms with E-state index in [1.54, 1.807) is 0 Å². The van der Waals surface area contributed by atoms with Gasteiger partial charge in [-0.3, -0.25) is 0 Å². The van der Waals surface area contributed by atoms with Crippen LogP contribution in [0.4, 0.5) is 0 Å². The number of hydrogen-bond acceptors (Lipinski definition) is 2. The first-order valence-corrected chi connectivity index (χ1v) is 6.90. The summed E-state index contributed by atoms with van der Waals surface area (Å²) in [6, 6.07) is 8.38. The summed E-state index contributed by atoms with van der Waals surface area (Å²) in [4.78, 5) is 0. The van der Waals surface area contributed by atoms with Crippen LogP contribution in [-0.4, -0.2) is 13.2 Å². The zero-order valence-corrected chi connectivity index (χ0v) is 11.2. The van der Waals surface area contributed by atoms with E-state index < -0.39 is 0 Å². The van der Waals surface area contributed by atoms with Gasteiger partial charge in [0.1, 0.15) is 12.4 Å². The molecule has 1 aromatic rings. The Bertz CT molecular complexity index is 402. The lowest BCUT2D eigenvalue weighted by Crippen LogP contribution is -2.44. The third-order valence-electron chi connectivity index (χ3n) is 3.67. The molecule has 0 saturated heterocycles. The first-order valence-electron chi connectivity index (χ1n) is 6.90. The van der Waals surface area contributed by atoms with Gasteiger partial charge in [-0.25, -0.2) is 0 Å². The minimum absolute atomic E-state index is 0.0139. The summed E-state index contributed by atoms with van der Waals surface area (Å²) < 4.78 is 5.85. The number of nitrogens with one attached hydrogen (secondary N) is 1. The van der Waals surface area contributed by atoms with Crippen LogP contribution in [-0.2, 0) is 5.54 Å². The van der Waals surface area contributed by atoms with Crippen molar-refractivity contribution in [3.05, 3.63) is 42.5 Å². The van der Waals surface area contributed by atoms with E-state index in [1.807, 2.05) is 12.1 Å². The van der Waals surface area contributed by atoms with Gasteiger partial charge in [-0.2, -0.15) is 0 Å².